The molecule has 1 aromatic rings. The summed E-state index contributed by atoms with van der Waals surface area (Å²) in [6.45, 7) is 1.27. The minimum Gasteiger partial charge on any atom is -0.485 e. The van der Waals surface area contributed by atoms with Crippen molar-refractivity contribution in [1.82, 2.24) is 0 Å². The Bertz CT molecular complexity index is 441. The van der Waals surface area contributed by atoms with Crippen molar-refractivity contribution in [1.29, 1.82) is 0 Å². The second-order valence-corrected chi connectivity index (χ2v) is 3.19. The Kier molecular flexibility index (Phi) is 5.37. The Morgan fingerprint density at radius 2 is 1.94 bits per heavy atom. The summed E-state index contributed by atoms with van der Waals surface area (Å²) in [5.74, 6) is -1.24. The van der Waals surface area contributed by atoms with Crippen molar-refractivity contribution in [2.24, 2.45) is 5.16 Å². The second kappa shape index (κ2) is 7.05. The molecule has 0 spiro atoms. The molecule has 96 valence electrons. The highest BCUT2D eigenvalue weighted by Crippen LogP contribution is 2.08. The van der Waals surface area contributed by atoms with Crippen molar-refractivity contribution in [2.75, 3.05) is 13.2 Å². The third kappa shape index (κ3) is 3.89. The number of para-hydroxylation sites is 1. The van der Waals surface area contributed by atoms with Crippen LogP contribution in [0.2, 0.25) is 0 Å². The van der Waals surface area contributed by atoms with Crippen LogP contribution in [-0.4, -0.2) is 35.9 Å². The highest BCUT2D eigenvalue weighted by Gasteiger charge is 2.23. The van der Waals surface area contributed by atoms with Crippen molar-refractivity contribution in [3.05, 3.63) is 30.3 Å². The fourth-order valence-electron chi connectivity index (χ4n) is 1.14. The van der Waals surface area contributed by atoms with Crippen LogP contribution in [0.1, 0.15) is 6.92 Å². The first-order valence-electron chi connectivity index (χ1n) is 5.29. The van der Waals surface area contributed by atoms with Gasteiger partial charge in [-0.25, -0.2) is 4.79 Å². The molecule has 0 amide bonds. The molecule has 0 aliphatic carbocycles. The SMILES string of the molecule is CCOC(=O)/C(=N\O)C(=O)COc1ccccc1. The molecule has 0 fully saturated rings. The number of hydrogen-bond acceptors (Lipinski definition) is 6. The van der Waals surface area contributed by atoms with Crippen LogP contribution in [0.25, 0.3) is 0 Å². The van der Waals surface area contributed by atoms with E-state index in [1.807, 2.05) is 0 Å². The standard InChI is InChI=1S/C12H13NO5/c1-2-17-12(15)11(13-16)10(14)8-18-9-6-4-3-5-7-9/h3-7,16H,2,8H2,1H3/b13-11-. The molecule has 1 rings (SSSR count). The number of carbonyl (C=O) groups is 2. The summed E-state index contributed by atoms with van der Waals surface area (Å²) in [7, 11) is 0. The van der Waals surface area contributed by atoms with Gasteiger partial charge in [-0.05, 0) is 19.1 Å². The average Bonchev–Trinajstić information content (AvgIpc) is 2.39. The molecule has 6 nitrogen and oxygen atoms in total. The molecule has 0 saturated carbocycles. The number of oxime groups is 1. The highest BCUT2D eigenvalue weighted by molar-refractivity contribution is 6.64. The van der Waals surface area contributed by atoms with E-state index in [-0.39, 0.29) is 6.61 Å². The van der Waals surface area contributed by atoms with Gasteiger partial charge in [0, 0.05) is 0 Å². The van der Waals surface area contributed by atoms with Gasteiger partial charge in [-0.2, -0.15) is 0 Å². The fourth-order valence-corrected chi connectivity index (χ4v) is 1.14. The lowest BCUT2D eigenvalue weighted by Crippen LogP contribution is -2.30. The van der Waals surface area contributed by atoms with E-state index >= 15 is 0 Å². The number of hydrogen-bond donors (Lipinski definition) is 1. The van der Waals surface area contributed by atoms with Gasteiger partial charge in [0.2, 0.25) is 11.5 Å². The van der Waals surface area contributed by atoms with E-state index in [2.05, 4.69) is 9.89 Å². The summed E-state index contributed by atoms with van der Waals surface area (Å²) in [5, 5.41) is 11.2. The summed E-state index contributed by atoms with van der Waals surface area (Å²) >= 11 is 0. The molecule has 6 heteroatoms. The van der Waals surface area contributed by atoms with Crippen LogP contribution in [0.4, 0.5) is 0 Å². The number of ether oxygens (including phenoxy) is 2. The van der Waals surface area contributed by atoms with Gasteiger partial charge >= 0.3 is 5.97 Å². The van der Waals surface area contributed by atoms with Crippen molar-refractivity contribution in [3.8, 4) is 5.75 Å². The van der Waals surface area contributed by atoms with Crippen molar-refractivity contribution >= 4 is 17.5 Å². The second-order valence-electron chi connectivity index (χ2n) is 3.19. The van der Waals surface area contributed by atoms with Crippen LogP contribution < -0.4 is 4.74 Å². The summed E-state index contributed by atoms with van der Waals surface area (Å²) in [6.07, 6.45) is 0. The maximum Gasteiger partial charge on any atom is 0.364 e. The van der Waals surface area contributed by atoms with E-state index in [0.717, 1.165) is 0 Å². The summed E-state index contributed by atoms with van der Waals surface area (Å²) < 4.78 is 9.69. The summed E-state index contributed by atoms with van der Waals surface area (Å²) in [4.78, 5) is 22.8. The lowest BCUT2D eigenvalue weighted by molar-refractivity contribution is -0.136. The Labute approximate surface area is 104 Å². The van der Waals surface area contributed by atoms with Gasteiger partial charge in [-0.3, -0.25) is 4.79 Å². The molecule has 0 unspecified atom stereocenters. The summed E-state index contributed by atoms with van der Waals surface area (Å²) in [5.41, 5.74) is -0.673. The minimum absolute atomic E-state index is 0.0880. The van der Waals surface area contributed by atoms with E-state index in [4.69, 9.17) is 9.94 Å². The van der Waals surface area contributed by atoms with Crippen LogP contribution in [0.15, 0.2) is 35.5 Å². The molecule has 0 saturated heterocycles. The number of nitrogens with zero attached hydrogens (tertiary/aromatic N) is 1. The van der Waals surface area contributed by atoms with Crippen molar-refractivity contribution in [3.63, 3.8) is 0 Å². The monoisotopic (exact) mass is 251 g/mol. The molecule has 0 aliphatic rings. The zero-order valence-corrected chi connectivity index (χ0v) is 9.83. The van der Waals surface area contributed by atoms with Crippen molar-refractivity contribution in [2.45, 2.75) is 6.92 Å². The van der Waals surface area contributed by atoms with Gasteiger partial charge in [-0.15, -0.1) is 0 Å². The number of carbonyl (C=O) groups excluding carboxylic acids is 2. The van der Waals surface area contributed by atoms with Gasteiger partial charge in [0.25, 0.3) is 0 Å². The Morgan fingerprint density at radius 1 is 1.28 bits per heavy atom. The molecule has 0 aromatic heterocycles. The maximum atomic E-state index is 11.5. The predicted octanol–water partition coefficient (Wildman–Crippen LogP) is 1.03. The van der Waals surface area contributed by atoms with Crippen LogP contribution >= 0.6 is 0 Å². The molecule has 0 aliphatic heterocycles. The van der Waals surface area contributed by atoms with E-state index in [9.17, 15) is 9.59 Å². The van der Waals surface area contributed by atoms with Crippen LogP contribution in [0.5, 0.6) is 5.75 Å². The van der Waals surface area contributed by atoms with E-state index in [1.54, 1.807) is 37.3 Å². The molecule has 18 heavy (non-hydrogen) atoms. The van der Waals surface area contributed by atoms with Gasteiger partial charge in [0.15, 0.2) is 6.61 Å². The zero-order chi connectivity index (χ0) is 13.4. The van der Waals surface area contributed by atoms with Crippen LogP contribution in [0, 0.1) is 0 Å². The Hall–Kier alpha value is -2.37. The number of rotatable bonds is 6. The quantitative estimate of drug-likeness (QED) is 0.268. The van der Waals surface area contributed by atoms with Gasteiger partial charge in [0.1, 0.15) is 5.75 Å². The minimum atomic E-state index is -0.971. The van der Waals surface area contributed by atoms with Gasteiger partial charge < -0.3 is 14.7 Å². The fraction of sp³-hybridized carbons (Fsp3) is 0.250. The first-order chi connectivity index (χ1) is 8.69. The molecule has 0 heterocycles. The van der Waals surface area contributed by atoms with Gasteiger partial charge in [-0.1, -0.05) is 23.4 Å². The molecule has 0 radical (unpaired) electrons. The van der Waals surface area contributed by atoms with Crippen LogP contribution in [0.3, 0.4) is 0 Å². The maximum absolute atomic E-state index is 11.5. The molecular formula is C12H13NO5. The number of ketones is 1. The normalized spacial score (nSPS) is 10.8. The lowest BCUT2D eigenvalue weighted by atomic mass is 10.2. The Morgan fingerprint density at radius 3 is 2.50 bits per heavy atom. The van der Waals surface area contributed by atoms with E-state index in [0.29, 0.717) is 5.75 Å². The lowest BCUT2D eigenvalue weighted by Gasteiger charge is -2.05. The number of Topliss-reactive ketones (excluding diaryl/α,β-unsaturated/α-hetero) is 1. The highest BCUT2D eigenvalue weighted by atomic mass is 16.5. The third-order valence-electron chi connectivity index (χ3n) is 1.95. The molecule has 0 bridgehead atoms. The first kappa shape index (κ1) is 13.7. The topological polar surface area (TPSA) is 85.2 Å². The molecule has 0 atom stereocenters. The van der Waals surface area contributed by atoms with Crippen molar-refractivity contribution < 1.29 is 24.3 Å². The van der Waals surface area contributed by atoms with Crippen LogP contribution in [-0.2, 0) is 14.3 Å². The molecule has 1 N–H and O–H groups in total. The smallest absolute Gasteiger partial charge is 0.364 e. The molecular weight excluding hydrogens is 238 g/mol. The first-order valence-corrected chi connectivity index (χ1v) is 5.29. The number of esters is 1. The van der Waals surface area contributed by atoms with E-state index < -0.39 is 24.1 Å². The molecule has 1 aromatic carbocycles. The predicted molar refractivity (Wildman–Crippen MR) is 62.8 cm³/mol. The number of benzene rings is 1. The zero-order valence-electron chi connectivity index (χ0n) is 9.83. The average molecular weight is 251 g/mol. The summed E-state index contributed by atoms with van der Waals surface area (Å²) in [6, 6.07) is 8.60. The Balaban J connectivity index is 2.56. The largest absolute Gasteiger partial charge is 0.485 e. The van der Waals surface area contributed by atoms with Gasteiger partial charge in [0.05, 0.1) is 6.61 Å². The van der Waals surface area contributed by atoms with E-state index in [1.165, 1.54) is 0 Å². The third-order valence-corrected chi connectivity index (χ3v) is 1.95.